The van der Waals surface area contributed by atoms with Gasteiger partial charge in [-0.1, -0.05) is 0 Å². The molecule has 0 spiro atoms. The van der Waals surface area contributed by atoms with Gasteiger partial charge in [-0.15, -0.1) is 0 Å². The van der Waals surface area contributed by atoms with E-state index in [1.54, 1.807) is 0 Å². The van der Waals surface area contributed by atoms with Crippen LogP contribution in [0.5, 0.6) is 5.75 Å². The molecule has 0 aliphatic rings. The first-order valence-electron chi connectivity index (χ1n) is 4.59. The molecule has 0 aliphatic heterocycles. The van der Waals surface area contributed by atoms with Gasteiger partial charge in [0.25, 0.3) is 0 Å². The number of phenols is 1. The van der Waals surface area contributed by atoms with Gasteiger partial charge in [0.1, 0.15) is 11.3 Å². The molecule has 1 aromatic carbocycles. The number of aromatic nitrogens is 1. The number of hydrogen-bond acceptors (Lipinski definition) is 4. The number of phenolic OH excluding ortho intramolecular Hbond substituents is 1. The van der Waals surface area contributed by atoms with Gasteiger partial charge in [-0.2, -0.15) is 0 Å². The summed E-state index contributed by atoms with van der Waals surface area (Å²) in [5.74, 6) is -3.59. The van der Waals surface area contributed by atoms with Gasteiger partial charge in [0.15, 0.2) is 11.6 Å². The standard InChI is InChI=1S/C11H7F2NO3/c1-17-11(16)5-2-6-9(13)7(12)3-8(15)10(6)14-4-5/h2-4,15H,1H3. The Labute approximate surface area is 94.5 Å². The molecular formula is C11H7F2NO3. The van der Waals surface area contributed by atoms with E-state index < -0.39 is 23.4 Å². The first-order valence-corrected chi connectivity index (χ1v) is 4.59. The topological polar surface area (TPSA) is 59.4 Å². The SMILES string of the molecule is COC(=O)c1cnc2c(O)cc(F)c(F)c2c1. The molecule has 4 nitrogen and oxygen atoms in total. The molecule has 1 heterocycles. The lowest BCUT2D eigenvalue weighted by Gasteiger charge is -2.04. The molecule has 0 atom stereocenters. The van der Waals surface area contributed by atoms with E-state index in [-0.39, 0.29) is 16.5 Å². The maximum atomic E-state index is 13.4. The number of fused-ring (bicyclic) bond motifs is 1. The Morgan fingerprint density at radius 2 is 2.12 bits per heavy atom. The van der Waals surface area contributed by atoms with E-state index in [4.69, 9.17) is 0 Å². The van der Waals surface area contributed by atoms with Gasteiger partial charge in [-0.05, 0) is 6.07 Å². The van der Waals surface area contributed by atoms with Crippen LogP contribution >= 0.6 is 0 Å². The van der Waals surface area contributed by atoms with Gasteiger partial charge in [0, 0.05) is 17.6 Å². The molecular weight excluding hydrogens is 232 g/mol. The van der Waals surface area contributed by atoms with Gasteiger partial charge < -0.3 is 9.84 Å². The number of ether oxygens (including phenoxy) is 1. The van der Waals surface area contributed by atoms with E-state index in [0.29, 0.717) is 6.07 Å². The van der Waals surface area contributed by atoms with E-state index in [9.17, 15) is 18.7 Å². The second-order valence-electron chi connectivity index (χ2n) is 3.30. The van der Waals surface area contributed by atoms with Gasteiger partial charge in [-0.25, -0.2) is 13.6 Å². The summed E-state index contributed by atoms with van der Waals surface area (Å²) in [6.45, 7) is 0. The molecule has 88 valence electrons. The van der Waals surface area contributed by atoms with Crippen LogP contribution in [0.2, 0.25) is 0 Å². The number of halogens is 2. The van der Waals surface area contributed by atoms with Crippen molar-refractivity contribution in [1.82, 2.24) is 4.98 Å². The fourth-order valence-corrected chi connectivity index (χ4v) is 1.45. The number of hydrogen-bond donors (Lipinski definition) is 1. The Hall–Kier alpha value is -2.24. The van der Waals surface area contributed by atoms with Crippen molar-refractivity contribution in [3.63, 3.8) is 0 Å². The van der Waals surface area contributed by atoms with Crippen LogP contribution < -0.4 is 0 Å². The van der Waals surface area contributed by atoms with Crippen LogP contribution in [0.1, 0.15) is 10.4 Å². The first-order chi connectivity index (χ1) is 8.04. The molecule has 0 bridgehead atoms. The van der Waals surface area contributed by atoms with Crippen LogP contribution in [0.3, 0.4) is 0 Å². The zero-order valence-corrected chi connectivity index (χ0v) is 8.70. The van der Waals surface area contributed by atoms with Crippen molar-refractivity contribution < 1.29 is 23.4 Å². The summed E-state index contributed by atoms with van der Waals surface area (Å²) in [5.41, 5.74) is -0.138. The highest BCUT2D eigenvalue weighted by Gasteiger charge is 2.15. The Morgan fingerprint density at radius 1 is 1.41 bits per heavy atom. The summed E-state index contributed by atoms with van der Waals surface area (Å²) in [5, 5.41) is 9.11. The third-order valence-corrected chi connectivity index (χ3v) is 2.26. The monoisotopic (exact) mass is 239 g/mol. The molecule has 0 saturated heterocycles. The van der Waals surface area contributed by atoms with Crippen LogP contribution in [0, 0.1) is 11.6 Å². The number of carbonyl (C=O) groups excluding carboxylic acids is 1. The molecule has 0 aliphatic carbocycles. The molecule has 0 saturated carbocycles. The fourth-order valence-electron chi connectivity index (χ4n) is 1.45. The number of pyridine rings is 1. The van der Waals surface area contributed by atoms with E-state index in [1.165, 1.54) is 0 Å². The Bertz CT molecular complexity index is 613. The molecule has 6 heteroatoms. The second kappa shape index (κ2) is 3.97. The molecule has 2 rings (SSSR count). The summed E-state index contributed by atoms with van der Waals surface area (Å²) < 4.78 is 30.9. The van der Waals surface area contributed by atoms with Crippen molar-refractivity contribution in [3.8, 4) is 5.75 Å². The van der Waals surface area contributed by atoms with Crippen molar-refractivity contribution in [2.45, 2.75) is 0 Å². The molecule has 1 N–H and O–H groups in total. The minimum atomic E-state index is -1.21. The third-order valence-electron chi connectivity index (χ3n) is 2.26. The van der Waals surface area contributed by atoms with Gasteiger partial charge in [-0.3, -0.25) is 4.98 Å². The number of methoxy groups -OCH3 is 1. The van der Waals surface area contributed by atoms with Crippen LogP contribution in [0.25, 0.3) is 10.9 Å². The number of nitrogens with zero attached hydrogens (tertiary/aromatic N) is 1. The van der Waals surface area contributed by atoms with Crippen molar-refractivity contribution in [3.05, 3.63) is 35.5 Å². The van der Waals surface area contributed by atoms with E-state index >= 15 is 0 Å². The fraction of sp³-hybridized carbons (Fsp3) is 0.0909. The first kappa shape index (κ1) is 11.3. The Morgan fingerprint density at radius 3 is 2.76 bits per heavy atom. The summed E-state index contributed by atoms with van der Waals surface area (Å²) in [4.78, 5) is 14.9. The molecule has 2 aromatic rings. The largest absolute Gasteiger partial charge is 0.506 e. The molecule has 17 heavy (non-hydrogen) atoms. The maximum absolute atomic E-state index is 13.4. The van der Waals surface area contributed by atoms with Gasteiger partial charge in [0.2, 0.25) is 0 Å². The van der Waals surface area contributed by atoms with Crippen molar-refractivity contribution in [2.24, 2.45) is 0 Å². The quantitative estimate of drug-likeness (QED) is 0.773. The van der Waals surface area contributed by atoms with Crippen LogP contribution in [-0.4, -0.2) is 23.2 Å². The van der Waals surface area contributed by atoms with E-state index in [0.717, 1.165) is 19.4 Å². The van der Waals surface area contributed by atoms with Crippen molar-refractivity contribution in [2.75, 3.05) is 7.11 Å². The molecule has 0 unspecified atom stereocenters. The summed E-state index contributed by atoms with van der Waals surface area (Å²) >= 11 is 0. The predicted molar refractivity (Wildman–Crippen MR) is 54.7 cm³/mol. The maximum Gasteiger partial charge on any atom is 0.339 e. The summed E-state index contributed by atoms with van der Waals surface area (Å²) in [6, 6.07) is 1.70. The Balaban J connectivity index is 2.76. The predicted octanol–water partition coefficient (Wildman–Crippen LogP) is 2.01. The lowest BCUT2D eigenvalue weighted by Crippen LogP contribution is -2.02. The highest BCUT2D eigenvalue weighted by molar-refractivity contribution is 5.95. The smallest absolute Gasteiger partial charge is 0.339 e. The van der Waals surface area contributed by atoms with Crippen LogP contribution in [0.15, 0.2) is 18.3 Å². The minimum absolute atomic E-state index is 0.0242. The average molecular weight is 239 g/mol. The number of rotatable bonds is 1. The minimum Gasteiger partial charge on any atom is -0.506 e. The van der Waals surface area contributed by atoms with Crippen molar-refractivity contribution in [1.29, 1.82) is 0 Å². The number of benzene rings is 1. The number of carbonyl (C=O) groups is 1. The summed E-state index contributed by atoms with van der Waals surface area (Å²) in [7, 11) is 1.16. The van der Waals surface area contributed by atoms with E-state index in [1.807, 2.05) is 0 Å². The lowest BCUT2D eigenvalue weighted by atomic mass is 10.1. The average Bonchev–Trinajstić information content (AvgIpc) is 2.34. The van der Waals surface area contributed by atoms with Crippen LogP contribution in [0.4, 0.5) is 8.78 Å². The Kier molecular flexibility index (Phi) is 2.63. The molecule has 0 fully saturated rings. The van der Waals surface area contributed by atoms with Crippen LogP contribution in [-0.2, 0) is 4.74 Å². The third kappa shape index (κ3) is 1.77. The second-order valence-corrected chi connectivity index (χ2v) is 3.30. The van der Waals surface area contributed by atoms with Gasteiger partial charge >= 0.3 is 5.97 Å². The molecule has 1 aromatic heterocycles. The highest BCUT2D eigenvalue weighted by Crippen LogP contribution is 2.27. The summed E-state index contributed by atoms with van der Waals surface area (Å²) in [6.07, 6.45) is 1.12. The zero-order valence-electron chi connectivity index (χ0n) is 8.70. The van der Waals surface area contributed by atoms with Crippen molar-refractivity contribution >= 4 is 16.9 Å². The van der Waals surface area contributed by atoms with E-state index in [2.05, 4.69) is 9.72 Å². The lowest BCUT2D eigenvalue weighted by molar-refractivity contribution is 0.0600. The van der Waals surface area contributed by atoms with Gasteiger partial charge in [0.05, 0.1) is 12.7 Å². The number of aromatic hydroxyl groups is 1. The zero-order chi connectivity index (χ0) is 12.6. The highest BCUT2D eigenvalue weighted by atomic mass is 19.2. The normalized spacial score (nSPS) is 10.5. The number of esters is 1. The molecule has 0 radical (unpaired) electrons. The molecule has 0 amide bonds.